The van der Waals surface area contributed by atoms with E-state index < -0.39 is 0 Å². The molecule has 0 unspecified atom stereocenters. The quantitative estimate of drug-likeness (QED) is 0.579. The number of nitrogens with zero attached hydrogens (tertiary/aromatic N) is 3. The first-order chi connectivity index (χ1) is 13.1. The molecule has 0 spiro atoms. The molecule has 4 rings (SSSR count). The fourth-order valence-corrected chi connectivity index (χ4v) is 2.97. The molecule has 5 nitrogen and oxygen atoms in total. The van der Waals surface area contributed by atoms with E-state index in [4.69, 9.17) is 11.6 Å². The summed E-state index contributed by atoms with van der Waals surface area (Å²) < 4.78 is 14.9. The Bertz CT molecular complexity index is 1120. The van der Waals surface area contributed by atoms with E-state index in [0.717, 1.165) is 5.56 Å². The van der Waals surface area contributed by atoms with E-state index in [0.29, 0.717) is 34.2 Å². The molecule has 0 fully saturated rings. The zero-order valence-corrected chi connectivity index (χ0v) is 14.8. The van der Waals surface area contributed by atoms with Gasteiger partial charge in [-0.1, -0.05) is 23.7 Å². The summed E-state index contributed by atoms with van der Waals surface area (Å²) >= 11 is 5.96. The first-order valence-electron chi connectivity index (χ1n) is 8.23. The van der Waals surface area contributed by atoms with Crippen LogP contribution in [0.5, 0.6) is 0 Å². The van der Waals surface area contributed by atoms with E-state index in [-0.39, 0.29) is 11.7 Å². The molecule has 4 aromatic rings. The second kappa shape index (κ2) is 7.17. The lowest BCUT2D eigenvalue weighted by molar-refractivity contribution is 0.0950. The van der Waals surface area contributed by atoms with Crippen LogP contribution in [0.15, 0.2) is 66.9 Å². The summed E-state index contributed by atoms with van der Waals surface area (Å²) in [5.74, 6) is -0.0150. The molecule has 2 aromatic heterocycles. The minimum absolute atomic E-state index is 0.226. The van der Waals surface area contributed by atoms with Crippen LogP contribution in [-0.2, 0) is 6.54 Å². The standard InChI is InChI=1S/C20H14ClFN4O/c21-16-3-1-2-13(10-16)11-23-20(27)15-6-9-18-24-25-19(26(18)12-15)14-4-7-17(22)8-5-14/h1-10,12H,11H2,(H,23,27). The van der Waals surface area contributed by atoms with Gasteiger partial charge in [-0.15, -0.1) is 10.2 Å². The fraction of sp³-hybridized carbons (Fsp3) is 0.0500. The van der Waals surface area contributed by atoms with Crippen molar-refractivity contribution in [2.45, 2.75) is 6.54 Å². The van der Waals surface area contributed by atoms with Gasteiger partial charge in [0.1, 0.15) is 5.82 Å². The van der Waals surface area contributed by atoms with Crippen molar-refractivity contribution in [1.29, 1.82) is 0 Å². The molecule has 1 amide bonds. The topological polar surface area (TPSA) is 59.3 Å². The van der Waals surface area contributed by atoms with Crippen molar-refractivity contribution in [1.82, 2.24) is 19.9 Å². The number of pyridine rings is 1. The van der Waals surface area contributed by atoms with Gasteiger partial charge in [0.2, 0.25) is 0 Å². The van der Waals surface area contributed by atoms with Crippen LogP contribution in [0.3, 0.4) is 0 Å². The zero-order chi connectivity index (χ0) is 18.8. The van der Waals surface area contributed by atoms with E-state index >= 15 is 0 Å². The number of carbonyl (C=O) groups is 1. The third kappa shape index (κ3) is 3.66. The van der Waals surface area contributed by atoms with Gasteiger partial charge in [-0.3, -0.25) is 9.20 Å². The van der Waals surface area contributed by atoms with Crippen LogP contribution < -0.4 is 5.32 Å². The Labute approximate surface area is 159 Å². The molecule has 0 atom stereocenters. The number of rotatable bonds is 4. The number of fused-ring (bicyclic) bond motifs is 1. The fourth-order valence-electron chi connectivity index (χ4n) is 2.75. The smallest absolute Gasteiger partial charge is 0.253 e. The largest absolute Gasteiger partial charge is 0.348 e. The molecule has 0 radical (unpaired) electrons. The Balaban J connectivity index is 1.59. The summed E-state index contributed by atoms with van der Waals surface area (Å²) in [6.07, 6.45) is 1.67. The Morgan fingerprint density at radius 1 is 1.07 bits per heavy atom. The molecule has 0 aliphatic heterocycles. The minimum atomic E-state index is -0.325. The minimum Gasteiger partial charge on any atom is -0.348 e. The van der Waals surface area contributed by atoms with Gasteiger partial charge in [0.15, 0.2) is 11.5 Å². The zero-order valence-electron chi connectivity index (χ0n) is 14.1. The highest BCUT2D eigenvalue weighted by atomic mass is 35.5. The number of halogens is 2. The van der Waals surface area contributed by atoms with E-state index in [2.05, 4.69) is 15.5 Å². The van der Waals surface area contributed by atoms with Crippen molar-refractivity contribution in [2.75, 3.05) is 0 Å². The first kappa shape index (κ1) is 17.2. The number of aromatic nitrogens is 3. The number of amides is 1. The van der Waals surface area contributed by atoms with Gasteiger partial charge in [0.05, 0.1) is 5.56 Å². The predicted molar refractivity (Wildman–Crippen MR) is 101 cm³/mol. The van der Waals surface area contributed by atoms with Gasteiger partial charge >= 0.3 is 0 Å². The van der Waals surface area contributed by atoms with Gasteiger partial charge < -0.3 is 5.32 Å². The monoisotopic (exact) mass is 380 g/mol. The van der Waals surface area contributed by atoms with Crippen LogP contribution in [0, 0.1) is 5.82 Å². The van der Waals surface area contributed by atoms with Crippen molar-refractivity contribution in [2.24, 2.45) is 0 Å². The molecule has 0 saturated heterocycles. The van der Waals surface area contributed by atoms with Crippen LogP contribution in [-0.4, -0.2) is 20.5 Å². The second-order valence-corrected chi connectivity index (χ2v) is 6.43. The molecular weight excluding hydrogens is 367 g/mol. The van der Waals surface area contributed by atoms with Crippen LogP contribution in [0.25, 0.3) is 17.0 Å². The van der Waals surface area contributed by atoms with Crippen molar-refractivity contribution in [3.63, 3.8) is 0 Å². The molecule has 0 aliphatic rings. The summed E-state index contributed by atoms with van der Waals surface area (Å²) in [4.78, 5) is 12.5. The van der Waals surface area contributed by atoms with Crippen molar-refractivity contribution >= 4 is 23.2 Å². The average Bonchev–Trinajstić information content (AvgIpc) is 3.10. The van der Waals surface area contributed by atoms with Crippen LogP contribution in [0.4, 0.5) is 4.39 Å². The third-order valence-corrected chi connectivity index (χ3v) is 4.34. The predicted octanol–water partition coefficient (Wildman–Crippen LogP) is 4.12. The molecule has 134 valence electrons. The normalized spacial score (nSPS) is 10.9. The summed E-state index contributed by atoms with van der Waals surface area (Å²) in [6, 6.07) is 16.7. The molecular formula is C20H14ClFN4O. The average molecular weight is 381 g/mol. The Morgan fingerprint density at radius 3 is 2.67 bits per heavy atom. The maximum absolute atomic E-state index is 13.2. The van der Waals surface area contributed by atoms with Gasteiger partial charge in [-0.05, 0) is 54.1 Å². The lowest BCUT2D eigenvalue weighted by atomic mass is 10.2. The lowest BCUT2D eigenvalue weighted by Gasteiger charge is -2.07. The van der Waals surface area contributed by atoms with Crippen molar-refractivity contribution < 1.29 is 9.18 Å². The van der Waals surface area contributed by atoms with E-state index in [9.17, 15) is 9.18 Å². The molecule has 2 aromatic carbocycles. The Kier molecular flexibility index (Phi) is 4.56. The lowest BCUT2D eigenvalue weighted by Crippen LogP contribution is -2.23. The molecule has 0 saturated carbocycles. The number of benzene rings is 2. The Morgan fingerprint density at radius 2 is 1.89 bits per heavy atom. The highest BCUT2D eigenvalue weighted by molar-refractivity contribution is 6.30. The summed E-state index contributed by atoms with van der Waals surface area (Å²) in [6.45, 7) is 0.366. The number of hydrogen-bond acceptors (Lipinski definition) is 3. The molecule has 0 aliphatic carbocycles. The number of nitrogens with one attached hydrogen (secondary N) is 1. The number of hydrogen-bond donors (Lipinski definition) is 1. The Hall–Kier alpha value is -3.25. The maximum atomic E-state index is 13.2. The molecule has 2 heterocycles. The molecule has 27 heavy (non-hydrogen) atoms. The van der Waals surface area contributed by atoms with Gasteiger partial charge in [0.25, 0.3) is 5.91 Å². The second-order valence-electron chi connectivity index (χ2n) is 5.99. The molecule has 7 heteroatoms. The van der Waals surface area contributed by atoms with Crippen LogP contribution in [0.1, 0.15) is 15.9 Å². The summed E-state index contributed by atoms with van der Waals surface area (Å²) in [7, 11) is 0. The van der Waals surface area contributed by atoms with Crippen molar-refractivity contribution in [3.8, 4) is 11.4 Å². The third-order valence-electron chi connectivity index (χ3n) is 4.11. The van der Waals surface area contributed by atoms with E-state index in [1.54, 1.807) is 47.0 Å². The van der Waals surface area contributed by atoms with Crippen molar-refractivity contribution in [3.05, 3.63) is 88.8 Å². The van der Waals surface area contributed by atoms with E-state index in [1.165, 1.54) is 12.1 Å². The van der Waals surface area contributed by atoms with Gasteiger partial charge in [-0.2, -0.15) is 0 Å². The van der Waals surface area contributed by atoms with E-state index in [1.807, 2.05) is 12.1 Å². The molecule has 1 N–H and O–H groups in total. The SMILES string of the molecule is O=C(NCc1cccc(Cl)c1)c1ccc2nnc(-c3ccc(F)cc3)n2c1. The van der Waals surface area contributed by atoms with Gasteiger partial charge in [-0.25, -0.2) is 4.39 Å². The maximum Gasteiger partial charge on any atom is 0.253 e. The highest BCUT2D eigenvalue weighted by Crippen LogP contribution is 2.19. The first-order valence-corrected chi connectivity index (χ1v) is 8.61. The highest BCUT2D eigenvalue weighted by Gasteiger charge is 2.12. The molecule has 0 bridgehead atoms. The van der Waals surface area contributed by atoms with Crippen LogP contribution >= 0.6 is 11.6 Å². The summed E-state index contributed by atoms with van der Waals surface area (Å²) in [5.41, 5.74) is 2.68. The van der Waals surface area contributed by atoms with Crippen LogP contribution in [0.2, 0.25) is 5.02 Å². The summed E-state index contributed by atoms with van der Waals surface area (Å²) in [5, 5.41) is 11.7. The number of carbonyl (C=O) groups excluding carboxylic acids is 1. The van der Waals surface area contributed by atoms with Gasteiger partial charge in [0, 0.05) is 23.3 Å².